The molecule has 8 heavy (non-hydrogen) atoms. The lowest BCUT2D eigenvalue weighted by Gasteiger charge is -1.74. The molecule has 0 rings (SSSR count). The zero-order valence-corrected chi connectivity index (χ0v) is 4.35. The van der Waals surface area contributed by atoms with Crippen LogP contribution in [0.5, 0.6) is 0 Å². The van der Waals surface area contributed by atoms with Crippen molar-refractivity contribution in [2.24, 2.45) is 0 Å². The van der Waals surface area contributed by atoms with Gasteiger partial charge < -0.3 is 5.11 Å². The third kappa shape index (κ3) is 4.77. The summed E-state index contributed by atoms with van der Waals surface area (Å²) in [5.74, 6) is 3.88. The average molecular weight is 110 g/mol. The van der Waals surface area contributed by atoms with E-state index >= 15 is 0 Å². The summed E-state index contributed by atoms with van der Waals surface area (Å²) < 4.78 is 0. The van der Waals surface area contributed by atoms with Crippen molar-refractivity contribution in [1.82, 2.24) is 0 Å². The molecule has 0 aromatic heterocycles. The van der Waals surface area contributed by atoms with Crippen LogP contribution in [-0.2, 0) is 4.79 Å². The molecule has 0 radical (unpaired) electrons. The number of rotatable bonds is 1. The molecule has 1 N–H and O–H groups in total. The second-order valence-electron chi connectivity index (χ2n) is 1.10. The zero-order chi connectivity index (χ0) is 6.41. The van der Waals surface area contributed by atoms with Crippen LogP contribution in [-0.4, -0.2) is 11.1 Å². The van der Waals surface area contributed by atoms with E-state index in [1.165, 1.54) is 6.08 Å². The lowest BCUT2D eigenvalue weighted by Crippen LogP contribution is -1.89. The normalized spacial score (nSPS) is 6.50. The fourth-order valence-electron chi connectivity index (χ4n) is 0.199. The van der Waals surface area contributed by atoms with Crippen molar-refractivity contribution in [3.05, 3.63) is 12.7 Å². The maximum atomic E-state index is 9.74. The molecule has 0 heterocycles. The molecule has 0 saturated heterocycles. The lowest BCUT2D eigenvalue weighted by atomic mass is 10.4. The highest BCUT2D eigenvalue weighted by Gasteiger charge is 1.85. The summed E-state index contributed by atoms with van der Waals surface area (Å²) in [5.41, 5.74) is 0. The number of carboxylic acid groups (broad SMARTS) is 1. The van der Waals surface area contributed by atoms with Gasteiger partial charge in [0.2, 0.25) is 0 Å². The third-order valence-electron chi connectivity index (χ3n) is 0.444. The average Bonchev–Trinajstić information content (AvgIpc) is 1.66. The van der Waals surface area contributed by atoms with Gasteiger partial charge in [-0.3, -0.25) is 4.79 Å². The smallest absolute Gasteiger partial charge is 0.315 e. The molecule has 0 atom stereocenters. The second kappa shape index (κ2) is 3.94. The Morgan fingerprint density at radius 1 is 1.88 bits per heavy atom. The molecule has 0 fully saturated rings. The Hall–Kier alpha value is -1.23. The molecule has 0 aliphatic carbocycles. The first-order chi connectivity index (χ1) is 3.77. The SMILES string of the molecule is C=CC#CCC(=O)O. The van der Waals surface area contributed by atoms with Gasteiger partial charge in [0.15, 0.2) is 0 Å². The molecule has 0 amide bonds. The highest BCUT2D eigenvalue weighted by molar-refractivity contribution is 5.69. The van der Waals surface area contributed by atoms with Crippen LogP contribution in [0.15, 0.2) is 12.7 Å². The van der Waals surface area contributed by atoms with Crippen LogP contribution >= 0.6 is 0 Å². The number of carboxylic acids is 1. The first-order valence-corrected chi connectivity index (χ1v) is 2.08. The fraction of sp³-hybridized carbons (Fsp3) is 0.167. The van der Waals surface area contributed by atoms with E-state index in [4.69, 9.17) is 5.11 Å². The van der Waals surface area contributed by atoms with Gasteiger partial charge in [0.1, 0.15) is 6.42 Å². The van der Waals surface area contributed by atoms with Crippen LogP contribution in [0.2, 0.25) is 0 Å². The van der Waals surface area contributed by atoms with Crippen LogP contribution in [0.25, 0.3) is 0 Å². The molecular weight excluding hydrogens is 104 g/mol. The summed E-state index contributed by atoms with van der Waals surface area (Å²) in [7, 11) is 0. The minimum absolute atomic E-state index is 0.105. The maximum absolute atomic E-state index is 9.74. The van der Waals surface area contributed by atoms with Gasteiger partial charge in [-0.05, 0) is 6.08 Å². The van der Waals surface area contributed by atoms with Gasteiger partial charge >= 0.3 is 5.97 Å². The molecule has 2 nitrogen and oxygen atoms in total. The predicted octanol–water partition coefficient (Wildman–Crippen LogP) is 0.650. The van der Waals surface area contributed by atoms with Gasteiger partial charge in [0.05, 0.1) is 0 Å². The van der Waals surface area contributed by atoms with Crippen LogP contribution in [0.4, 0.5) is 0 Å². The van der Waals surface area contributed by atoms with Crippen LogP contribution in [0.3, 0.4) is 0 Å². The van der Waals surface area contributed by atoms with E-state index in [0.29, 0.717) is 0 Å². The predicted molar refractivity (Wildman–Crippen MR) is 30.2 cm³/mol. The van der Waals surface area contributed by atoms with Gasteiger partial charge in [0.25, 0.3) is 0 Å². The first kappa shape index (κ1) is 6.77. The topological polar surface area (TPSA) is 37.3 Å². The molecule has 2 heteroatoms. The number of hydrogen-bond acceptors (Lipinski definition) is 1. The van der Waals surface area contributed by atoms with Crippen molar-refractivity contribution in [2.75, 3.05) is 0 Å². The number of allylic oxidation sites excluding steroid dienone is 1. The fourth-order valence-corrected chi connectivity index (χ4v) is 0.199. The summed E-state index contributed by atoms with van der Waals surface area (Å²) in [6.07, 6.45) is 1.26. The van der Waals surface area contributed by atoms with E-state index in [1.807, 2.05) is 0 Å². The van der Waals surface area contributed by atoms with E-state index in [9.17, 15) is 4.79 Å². The number of aliphatic carboxylic acids is 1. The van der Waals surface area contributed by atoms with E-state index in [0.717, 1.165) is 0 Å². The standard InChI is InChI=1S/C6H6O2/c1-2-3-4-5-6(7)8/h2H,1,5H2,(H,7,8). The van der Waals surface area contributed by atoms with E-state index in [2.05, 4.69) is 18.4 Å². The molecule has 0 saturated carbocycles. The molecule has 0 unspecified atom stereocenters. The van der Waals surface area contributed by atoms with Gasteiger partial charge in [-0.15, -0.1) is 0 Å². The Morgan fingerprint density at radius 2 is 2.50 bits per heavy atom. The molecule has 0 aromatic carbocycles. The van der Waals surface area contributed by atoms with Crippen molar-refractivity contribution >= 4 is 5.97 Å². The van der Waals surface area contributed by atoms with Gasteiger partial charge in [-0.1, -0.05) is 18.4 Å². The molecule has 0 aliphatic rings. The maximum Gasteiger partial charge on any atom is 0.315 e. The van der Waals surface area contributed by atoms with Crippen molar-refractivity contribution in [3.63, 3.8) is 0 Å². The molecule has 0 bridgehead atoms. The van der Waals surface area contributed by atoms with E-state index in [1.54, 1.807) is 0 Å². The molecular formula is C6H6O2. The van der Waals surface area contributed by atoms with Crippen LogP contribution in [0.1, 0.15) is 6.42 Å². The Kier molecular flexibility index (Phi) is 3.34. The summed E-state index contributed by atoms with van der Waals surface area (Å²) in [6, 6.07) is 0. The minimum atomic E-state index is -0.903. The molecule has 0 aromatic rings. The van der Waals surface area contributed by atoms with E-state index in [-0.39, 0.29) is 6.42 Å². The summed E-state index contributed by atoms with van der Waals surface area (Å²) in [5, 5.41) is 8.00. The monoisotopic (exact) mass is 110 g/mol. The van der Waals surface area contributed by atoms with Crippen molar-refractivity contribution in [2.45, 2.75) is 6.42 Å². The number of carbonyl (C=O) groups is 1. The van der Waals surface area contributed by atoms with Crippen LogP contribution < -0.4 is 0 Å². The summed E-state index contributed by atoms with van der Waals surface area (Å²) >= 11 is 0. The van der Waals surface area contributed by atoms with Gasteiger partial charge in [-0.25, -0.2) is 0 Å². The Morgan fingerprint density at radius 3 is 2.88 bits per heavy atom. The first-order valence-electron chi connectivity index (χ1n) is 2.08. The van der Waals surface area contributed by atoms with Crippen LogP contribution in [0, 0.1) is 11.8 Å². The minimum Gasteiger partial charge on any atom is -0.481 e. The summed E-state index contributed by atoms with van der Waals surface area (Å²) in [6.45, 7) is 3.29. The van der Waals surface area contributed by atoms with Crippen molar-refractivity contribution in [1.29, 1.82) is 0 Å². The quantitative estimate of drug-likeness (QED) is 0.503. The Labute approximate surface area is 47.8 Å². The number of hydrogen-bond donors (Lipinski definition) is 1. The van der Waals surface area contributed by atoms with Crippen molar-refractivity contribution in [3.8, 4) is 11.8 Å². The largest absolute Gasteiger partial charge is 0.481 e. The Balaban J connectivity index is 3.43. The highest BCUT2D eigenvalue weighted by Crippen LogP contribution is 1.71. The Bertz CT molecular complexity index is 148. The summed E-state index contributed by atoms with van der Waals surface area (Å²) in [4.78, 5) is 9.74. The van der Waals surface area contributed by atoms with Crippen molar-refractivity contribution < 1.29 is 9.90 Å². The van der Waals surface area contributed by atoms with E-state index < -0.39 is 5.97 Å². The highest BCUT2D eigenvalue weighted by atomic mass is 16.4. The molecule has 0 spiro atoms. The molecule has 0 aliphatic heterocycles. The third-order valence-corrected chi connectivity index (χ3v) is 0.444. The van der Waals surface area contributed by atoms with Gasteiger partial charge in [-0.2, -0.15) is 0 Å². The molecule has 42 valence electrons. The van der Waals surface area contributed by atoms with Gasteiger partial charge in [0, 0.05) is 0 Å². The second-order valence-corrected chi connectivity index (χ2v) is 1.10. The lowest BCUT2D eigenvalue weighted by molar-refractivity contribution is -0.135. The zero-order valence-electron chi connectivity index (χ0n) is 4.35.